The van der Waals surface area contributed by atoms with Gasteiger partial charge < -0.3 is 9.50 Å². The Kier molecular flexibility index (Phi) is 5.47. The van der Waals surface area contributed by atoms with Gasteiger partial charge >= 0.3 is 15.8 Å². The largest absolute Gasteiger partial charge is 0.379 e. The molecule has 3 aromatic carbocycles. The van der Waals surface area contributed by atoms with E-state index in [0.29, 0.717) is 33.8 Å². The number of carbonyl (C=O) groups excluding carboxylic acids is 1. The van der Waals surface area contributed by atoms with Gasteiger partial charge in [0.05, 0.1) is 11.3 Å². The van der Waals surface area contributed by atoms with E-state index in [9.17, 15) is 22.8 Å². The van der Waals surface area contributed by atoms with Crippen LogP contribution in [0.5, 0.6) is 5.75 Å². The van der Waals surface area contributed by atoms with Crippen molar-refractivity contribution in [3.63, 3.8) is 0 Å². The molecule has 0 saturated heterocycles. The Labute approximate surface area is 223 Å². The molecule has 10 heteroatoms. The van der Waals surface area contributed by atoms with Gasteiger partial charge in [-0.1, -0.05) is 54.1 Å². The first-order valence-corrected chi connectivity index (χ1v) is 13.6. The van der Waals surface area contributed by atoms with Gasteiger partial charge in [-0.15, -0.1) is 0 Å². The van der Waals surface area contributed by atoms with Crippen molar-refractivity contribution >= 4 is 27.4 Å². The highest BCUT2D eigenvalue weighted by Gasteiger charge is 2.42. The van der Waals surface area contributed by atoms with Crippen LogP contribution < -0.4 is 20.7 Å². The Morgan fingerprint density at radius 3 is 2.13 bits per heavy atom. The summed E-state index contributed by atoms with van der Waals surface area (Å²) in [5.74, 6) is -0.637. The van der Waals surface area contributed by atoms with Crippen LogP contribution in [-0.2, 0) is 24.2 Å². The summed E-state index contributed by atoms with van der Waals surface area (Å²) in [5.41, 5.74) is 2.83. The number of hydrogen-bond donors (Lipinski definition) is 1. The maximum atomic E-state index is 13.6. The van der Waals surface area contributed by atoms with E-state index in [1.165, 1.54) is 35.9 Å². The van der Waals surface area contributed by atoms with Crippen LogP contribution in [0.25, 0.3) is 5.70 Å². The van der Waals surface area contributed by atoms with Crippen molar-refractivity contribution in [1.82, 2.24) is 9.13 Å². The lowest BCUT2D eigenvalue weighted by molar-refractivity contribution is 0.103. The number of fused-ring (bicyclic) bond motifs is 3. The summed E-state index contributed by atoms with van der Waals surface area (Å²) >= 11 is 0. The van der Waals surface area contributed by atoms with E-state index < -0.39 is 27.3 Å². The van der Waals surface area contributed by atoms with Gasteiger partial charge in [-0.25, -0.2) is 4.79 Å². The Bertz CT molecular complexity index is 1950. The SMILES string of the molecule is Cc1ccc(S(=O)(=O)Oc2ccc(C3C4=C(Nc5c3c(=O)n(C)c(=O)n5C)c3ccccc3C4=O)cc2)cc1. The van der Waals surface area contributed by atoms with Crippen molar-refractivity contribution in [2.45, 2.75) is 17.7 Å². The molecule has 1 aliphatic carbocycles. The normalized spacial score (nSPS) is 15.9. The minimum absolute atomic E-state index is 0.0259. The Morgan fingerprint density at radius 2 is 1.46 bits per heavy atom. The van der Waals surface area contributed by atoms with Crippen molar-refractivity contribution in [3.8, 4) is 5.75 Å². The Balaban J connectivity index is 1.48. The van der Waals surface area contributed by atoms with E-state index in [4.69, 9.17) is 4.18 Å². The highest BCUT2D eigenvalue weighted by atomic mass is 32.2. The van der Waals surface area contributed by atoms with E-state index >= 15 is 0 Å². The fourth-order valence-corrected chi connectivity index (χ4v) is 6.12. The summed E-state index contributed by atoms with van der Waals surface area (Å²) in [6.07, 6.45) is 0. The molecule has 39 heavy (non-hydrogen) atoms. The molecule has 1 aromatic heterocycles. The number of aryl methyl sites for hydroxylation is 1. The highest BCUT2D eigenvalue weighted by Crippen LogP contribution is 2.47. The van der Waals surface area contributed by atoms with E-state index in [1.807, 2.05) is 19.1 Å². The van der Waals surface area contributed by atoms with E-state index in [-0.39, 0.29) is 22.0 Å². The number of anilines is 1. The van der Waals surface area contributed by atoms with Gasteiger partial charge in [0.1, 0.15) is 16.5 Å². The van der Waals surface area contributed by atoms with Crippen molar-refractivity contribution in [2.75, 3.05) is 5.32 Å². The van der Waals surface area contributed by atoms with Crippen molar-refractivity contribution in [3.05, 3.63) is 127 Å². The van der Waals surface area contributed by atoms with Gasteiger partial charge in [-0.2, -0.15) is 8.42 Å². The topological polar surface area (TPSA) is 116 Å². The molecule has 0 fully saturated rings. The Hall–Kier alpha value is -4.70. The lowest BCUT2D eigenvalue weighted by Gasteiger charge is -2.29. The van der Waals surface area contributed by atoms with Gasteiger partial charge in [-0.3, -0.25) is 18.7 Å². The highest BCUT2D eigenvalue weighted by molar-refractivity contribution is 7.87. The molecule has 0 saturated carbocycles. The molecule has 6 rings (SSSR count). The molecule has 2 aliphatic rings. The maximum Gasteiger partial charge on any atom is 0.339 e. The van der Waals surface area contributed by atoms with Crippen molar-refractivity contribution in [2.24, 2.45) is 14.1 Å². The van der Waals surface area contributed by atoms with E-state index in [2.05, 4.69) is 5.32 Å². The average Bonchev–Trinajstić information content (AvgIpc) is 3.22. The lowest BCUT2D eigenvalue weighted by atomic mass is 9.81. The lowest BCUT2D eigenvalue weighted by Crippen LogP contribution is -2.42. The average molecular weight is 542 g/mol. The third-order valence-electron chi connectivity index (χ3n) is 7.20. The number of rotatable bonds is 4. The summed E-state index contributed by atoms with van der Waals surface area (Å²) in [7, 11) is -1.11. The van der Waals surface area contributed by atoms with Gasteiger partial charge in [0.2, 0.25) is 0 Å². The van der Waals surface area contributed by atoms with Crippen LogP contribution in [0.1, 0.15) is 38.5 Å². The van der Waals surface area contributed by atoms with Gasteiger partial charge in [-0.05, 0) is 36.8 Å². The number of benzene rings is 3. The summed E-state index contributed by atoms with van der Waals surface area (Å²) in [6, 6.07) is 19.7. The zero-order valence-corrected chi connectivity index (χ0v) is 22.1. The number of aromatic nitrogens is 2. The van der Waals surface area contributed by atoms with Crippen LogP contribution in [0.4, 0.5) is 5.82 Å². The van der Waals surface area contributed by atoms with Gasteiger partial charge in [0, 0.05) is 36.7 Å². The van der Waals surface area contributed by atoms with E-state index in [1.54, 1.807) is 43.4 Å². The quantitative estimate of drug-likeness (QED) is 0.394. The van der Waals surface area contributed by atoms with Crippen LogP contribution in [0.2, 0.25) is 0 Å². The molecule has 4 aromatic rings. The number of ketones is 1. The molecule has 0 amide bonds. The number of Topliss-reactive ketones (excluding diaryl/α,β-unsaturated/α-hetero) is 1. The summed E-state index contributed by atoms with van der Waals surface area (Å²) in [5, 5.41) is 3.19. The molecule has 1 atom stereocenters. The fourth-order valence-electron chi connectivity index (χ4n) is 5.19. The predicted molar refractivity (Wildman–Crippen MR) is 146 cm³/mol. The van der Waals surface area contributed by atoms with Crippen molar-refractivity contribution in [1.29, 1.82) is 0 Å². The first-order valence-electron chi connectivity index (χ1n) is 12.1. The van der Waals surface area contributed by atoms with Crippen LogP contribution >= 0.6 is 0 Å². The van der Waals surface area contributed by atoms with Crippen LogP contribution in [-0.4, -0.2) is 23.3 Å². The minimum atomic E-state index is -4.06. The monoisotopic (exact) mass is 541 g/mol. The predicted octanol–water partition coefficient (Wildman–Crippen LogP) is 3.33. The number of hydrogen-bond acceptors (Lipinski definition) is 7. The standard InChI is InChI=1S/C29H23N3O6S/c1-16-8-14-19(15-9-16)39(36,37)38-18-12-10-17(11-13-18)22-23-25(20-6-4-5-7-21(20)26(23)33)30-27-24(22)28(34)32(3)29(35)31(27)2/h4-15,22,30H,1-3H3. The molecular weight excluding hydrogens is 518 g/mol. The molecule has 0 radical (unpaired) electrons. The molecule has 0 bridgehead atoms. The summed E-state index contributed by atoms with van der Waals surface area (Å²) < 4.78 is 33.3. The first-order chi connectivity index (χ1) is 18.6. The Morgan fingerprint density at radius 1 is 0.821 bits per heavy atom. The van der Waals surface area contributed by atoms with Crippen LogP contribution in [0, 0.1) is 6.92 Å². The second-order valence-corrected chi connectivity index (χ2v) is 11.2. The zero-order chi connectivity index (χ0) is 27.6. The number of carbonyl (C=O) groups is 1. The number of nitrogens with zero attached hydrogens (tertiary/aromatic N) is 2. The fraction of sp³-hybridized carbons (Fsp3) is 0.138. The second kappa shape index (κ2) is 8.67. The van der Waals surface area contributed by atoms with Crippen LogP contribution in [0.15, 0.2) is 92.9 Å². The number of nitrogens with one attached hydrogen (secondary N) is 1. The van der Waals surface area contributed by atoms with Crippen molar-refractivity contribution < 1.29 is 17.4 Å². The molecule has 1 N–H and O–H groups in total. The van der Waals surface area contributed by atoms with E-state index in [0.717, 1.165) is 10.1 Å². The number of allylic oxidation sites excluding steroid dienone is 1. The molecule has 9 nitrogen and oxygen atoms in total. The molecule has 2 heterocycles. The maximum absolute atomic E-state index is 13.6. The zero-order valence-electron chi connectivity index (χ0n) is 21.3. The molecule has 196 valence electrons. The molecular formula is C29H23N3O6S. The first kappa shape index (κ1) is 24.6. The van der Waals surface area contributed by atoms with Gasteiger partial charge in [0.25, 0.3) is 5.56 Å². The summed E-state index contributed by atoms with van der Waals surface area (Å²) in [6.45, 7) is 1.86. The summed E-state index contributed by atoms with van der Waals surface area (Å²) in [4.78, 5) is 39.8. The molecule has 1 aliphatic heterocycles. The van der Waals surface area contributed by atoms with Gasteiger partial charge in [0.15, 0.2) is 5.78 Å². The third-order valence-corrected chi connectivity index (χ3v) is 8.47. The second-order valence-electron chi connectivity index (χ2n) is 9.61. The molecule has 0 spiro atoms. The molecule has 1 unspecified atom stereocenters. The van der Waals surface area contributed by atoms with Crippen LogP contribution in [0.3, 0.4) is 0 Å². The smallest absolute Gasteiger partial charge is 0.339 e. The third kappa shape index (κ3) is 3.75. The minimum Gasteiger partial charge on any atom is -0.379 e.